The van der Waals surface area contributed by atoms with Crippen molar-refractivity contribution in [2.45, 2.75) is 79.1 Å². The molecule has 0 atom stereocenters. The average Bonchev–Trinajstić information content (AvgIpc) is 3.21. The van der Waals surface area contributed by atoms with E-state index in [4.69, 9.17) is 0 Å². The van der Waals surface area contributed by atoms with E-state index in [1.807, 2.05) is 0 Å². The van der Waals surface area contributed by atoms with Gasteiger partial charge in [-0.2, -0.15) is 0 Å². The molecule has 0 saturated carbocycles. The van der Waals surface area contributed by atoms with Gasteiger partial charge >= 0.3 is 0 Å². The van der Waals surface area contributed by atoms with Crippen LogP contribution in [0.4, 0.5) is 24.5 Å². The number of rotatable bonds is 6. The van der Waals surface area contributed by atoms with Crippen LogP contribution in [-0.2, 0) is 22.4 Å². The summed E-state index contributed by atoms with van der Waals surface area (Å²) >= 11 is 0. The first-order chi connectivity index (χ1) is 15.5. The van der Waals surface area contributed by atoms with Gasteiger partial charge in [0.05, 0.1) is 0 Å². The fraction of sp³-hybridized carbons (Fsp3) is 0.429. The van der Waals surface area contributed by atoms with E-state index in [2.05, 4.69) is 121 Å². The van der Waals surface area contributed by atoms with Crippen molar-refractivity contribution in [3.05, 3.63) is 84.4 Å². The van der Waals surface area contributed by atoms with E-state index < -0.39 is 6.68 Å². The van der Waals surface area contributed by atoms with Crippen molar-refractivity contribution in [3.8, 4) is 0 Å². The summed E-state index contributed by atoms with van der Waals surface area (Å²) in [4.78, 5) is 4.65. The van der Waals surface area contributed by atoms with Crippen LogP contribution in [0.2, 0.25) is 0 Å². The van der Waals surface area contributed by atoms with Crippen LogP contribution in [0.5, 0.6) is 0 Å². The van der Waals surface area contributed by atoms with Crippen molar-refractivity contribution in [2.24, 2.45) is 0 Å². The van der Waals surface area contributed by atoms with Gasteiger partial charge in [0.25, 0.3) is 0 Å². The van der Waals surface area contributed by atoms with E-state index in [1.165, 1.54) is 33.6 Å². The van der Waals surface area contributed by atoms with Crippen molar-refractivity contribution < 1.29 is 35.6 Å². The predicted octanol–water partition coefficient (Wildman–Crippen LogP) is 9.44. The van der Waals surface area contributed by atoms with E-state index in [9.17, 15) is 13.2 Å². The smallest absolute Gasteiger partial charge is 0.154 e. The number of benzene rings is 2. The Bertz CT molecular complexity index is 812. The molecule has 2 aromatic rings. The first-order valence-corrected chi connectivity index (χ1v) is 11.6. The summed E-state index contributed by atoms with van der Waals surface area (Å²) in [6, 6.07) is 13.5. The minimum absolute atomic E-state index is 0. The van der Waals surface area contributed by atoms with Gasteiger partial charge in [0, 0.05) is 33.8 Å². The zero-order chi connectivity index (χ0) is 24.9. The third kappa shape index (κ3) is 7.40. The van der Waals surface area contributed by atoms with Crippen LogP contribution in [0.3, 0.4) is 0 Å². The summed E-state index contributed by atoms with van der Waals surface area (Å²) in [5.41, 5.74) is 8.29. The van der Waals surface area contributed by atoms with Gasteiger partial charge in [0.15, 0.2) is 6.68 Å². The number of hydrogen-bond donors (Lipinski definition) is 0. The summed E-state index contributed by atoms with van der Waals surface area (Å²) in [5.74, 6) is 1.92. The van der Waals surface area contributed by atoms with Crippen LogP contribution in [0.15, 0.2) is 48.8 Å². The van der Waals surface area contributed by atoms with Crippen LogP contribution in [0.1, 0.15) is 101 Å². The van der Waals surface area contributed by atoms with Gasteiger partial charge in [-0.05, 0) is 58.3 Å². The molecule has 3 rings (SSSR count). The van der Waals surface area contributed by atoms with Gasteiger partial charge in [0.1, 0.15) is 0 Å². The molecule has 193 valence electrons. The van der Waals surface area contributed by atoms with Crippen LogP contribution in [-0.4, -0.2) is 0 Å². The van der Waals surface area contributed by atoms with E-state index in [0.29, 0.717) is 23.7 Å². The molecular formula is C28H37AuF3N2-2. The molecule has 1 radical (unpaired) electrons. The largest absolute Gasteiger partial charge is 0.479 e. The summed E-state index contributed by atoms with van der Waals surface area (Å²) < 4.78 is 28.8. The second-order valence-corrected chi connectivity index (χ2v) is 9.63. The molecule has 2 aromatic carbocycles. The van der Waals surface area contributed by atoms with Gasteiger partial charge < -0.3 is 23.0 Å². The third-order valence-corrected chi connectivity index (χ3v) is 5.84. The Labute approximate surface area is 219 Å². The Kier molecular flexibility index (Phi) is 12.0. The predicted molar refractivity (Wildman–Crippen MR) is 134 cm³/mol. The molecule has 0 fully saturated rings. The maximum Gasteiger partial charge on any atom is 0.154 e. The van der Waals surface area contributed by atoms with Crippen LogP contribution >= 0.6 is 0 Å². The van der Waals surface area contributed by atoms with Gasteiger partial charge in [-0.3, -0.25) is 0 Å². The van der Waals surface area contributed by atoms with Crippen molar-refractivity contribution in [1.82, 2.24) is 0 Å². The van der Waals surface area contributed by atoms with E-state index in [-0.39, 0.29) is 22.4 Å². The van der Waals surface area contributed by atoms with Gasteiger partial charge in [-0.25, -0.2) is 0 Å². The number of nitrogens with zero attached hydrogens (tertiary/aromatic N) is 2. The van der Waals surface area contributed by atoms with Crippen molar-refractivity contribution in [2.75, 3.05) is 9.80 Å². The standard InChI is InChI=1S/C27H37N2.CF3.Au/c1-18(2)22-11-9-12-23(19(3)4)26(22)28-15-16-29(17-28)27-24(20(5)6)13-10-14-25(27)21(7)8;2-1(3)4;/h9-21H,1-8H3;;/q2*-1;. The van der Waals surface area contributed by atoms with E-state index >= 15 is 0 Å². The molecule has 0 spiro atoms. The topological polar surface area (TPSA) is 6.48 Å². The minimum atomic E-state index is -3.08. The van der Waals surface area contributed by atoms with Crippen LogP contribution < -0.4 is 9.80 Å². The molecule has 0 unspecified atom stereocenters. The zero-order valence-electron chi connectivity index (χ0n) is 21.3. The second kappa shape index (κ2) is 13.4. The van der Waals surface area contributed by atoms with Crippen LogP contribution in [0.25, 0.3) is 0 Å². The monoisotopic (exact) mass is 655 g/mol. The Morgan fingerprint density at radius 3 is 1.03 bits per heavy atom. The number of para-hydroxylation sites is 2. The number of anilines is 2. The molecule has 0 N–H and O–H groups in total. The molecule has 0 saturated heterocycles. The summed E-state index contributed by atoms with van der Waals surface area (Å²) in [6.07, 6.45) is 4.43. The molecular weight excluding hydrogens is 618 g/mol. The molecule has 2 nitrogen and oxygen atoms in total. The average molecular weight is 656 g/mol. The van der Waals surface area contributed by atoms with Crippen molar-refractivity contribution >= 4 is 11.4 Å². The van der Waals surface area contributed by atoms with Crippen molar-refractivity contribution in [1.29, 1.82) is 0 Å². The van der Waals surface area contributed by atoms with E-state index in [0.717, 1.165) is 0 Å². The number of hydrogen-bond acceptors (Lipinski definition) is 2. The molecule has 0 aliphatic carbocycles. The van der Waals surface area contributed by atoms with Crippen molar-refractivity contribution in [3.63, 3.8) is 0 Å². The van der Waals surface area contributed by atoms with Gasteiger partial charge in [-0.15, -0.1) is 6.67 Å². The number of halogens is 3. The SMILES string of the molecule is CC(C)c1cccc(C(C)C)c1N1C=CN(c2c(C(C)C)cccc2C(C)C)[CH-]1.F[C-](F)F.[Au]. The molecule has 0 amide bonds. The fourth-order valence-electron chi connectivity index (χ4n) is 4.24. The van der Waals surface area contributed by atoms with Gasteiger partial charge in [-0.1, -0.05) is 91.8 Å². The first kappa shape index (κ1) is 30.3. The molecule has 0 bridgehead atoms. The Morgan fingerprint density at radius 2 is 0.824 bits per heavy atom. The molecule has 6 heteroatoms. The van der Waals surface area contributed by atoms with Crippen LogP contribution in [0, 0.1) is 13.3 Å². The quantitative estimate of drug-likeness (QED) is 0.226. The molecule has 34 heavy (non-hydrogen) atoms. The molecule has 1 aliphatic rings. The Morgan fingerprint density at radius 1 is 0.588 bits per heavy atom. The van der Waals surface area contributed by atoms with Gasteiger partial charge in [0.2, 0.25) is 0 Å². The normalized spacial score (nSPS) is 13.3. The fourth-order valence-corrected chi connectivity index (χ4v) is 4.24. The maximum absolute atomic E-state index is 9.58. The molecule has 1 heterocycles. The first-order valence-electron chi connectivity index (χ1n) is 11.6. The third-order valence-electron chi connectivity index (χ3n) is 5.84. The zero-order valence-corrected chi connectivity index (χ0v) is 23.5. The van der Waals surface area contributed by atoms with E-state index in [1.54, 1.807) is 0 Å². The second-order valence-electron chi connectivity index (χ2n) is 9.63. The summed E-state index contributed by atoms with van der Waals surface area (Å²) in [6.45, 7) is 17.4. The minimum Gasteiger partial charge on any atom is -0.479 e. The summed E-state index contributed by atoms with van der Waals surface area (Å²) in [5, 5.41) is 0. The maximum atomic E-state index is 9.58. The molecule has 0 aromatic heterocycles. The Balaban J connectivity index is 0.00000107. The summed E-state index contributed by atoms with van der Waals surface area (Å²) in [7, 11) is 0. The molecule has 1 aliphatic heterocycles. The Hall–Kier alpha value is -1.69.